The fraction of sp³-hybridized carbons (Fsp3) is 0.889. The lowest BCUT2D eigenvalue weighted by atomic mass is 10.2. The maximum absolute atomic E-state index is 11.1. The van der Waals surface area contributed by atoms with Crippen LogP contribution in [-0.2, 0) is 9.53 Å². The molecule has 0 N–H and O–H groups in total. The Hall–Kier alpha value is -1.13. The van der Waals surface area contributed by atoms with E-state index in [4.69, 9.17) is 4.74 Å². The first-order valence-electron chi connectivity index (χ1n) is 4.65. The highest BCUT2D eigenvalue weighted by Crippen LogP contribution is 2.09. The third-order valence-electron chi connectivity index (χ3n) is 1.39. The van der Waals surface area contributed by atoms with E-state index in [2.05, 4.69) is 0 Å². The molecule has 0 bridgehead atoms. The molecule has 0 aliphatic carbocycles. The van der Waals surface area contributed by atoms with Gasteiger partial charge in [0, 0.05) is 17.8 Å². The molecule has 0 fully saturated rings. The van der Waals surface area contributed by atoms with Gasteiger partial charge in [0.05, 0.1) is 0 Å². The molecule has 0 saturated heterocycles. The fourth-order valence-corrected chi connectivity index (χ4v) is 0.903. The zero-order chi connectivity index (χ0) is 11.2. The van der Waals surface area contributed by atoms with E-state index in [-0.39, 0.29) is 23.9 Å². The van der Waals surface area contributed by atoms with Gasteiger partial charge in [0.2, 0.25) is 6.54 Å². The van der Waals surface area contributed by atoms with Crippen molar-refractivity contribution in [3.05, 3.63) is 10.1 Å². The average Bonchev–Trinajstić information content (AvgIpc) is 1.94. The number of esters is 1. The molecule has 0 rings (SSSR count). The van der Waals surface area contributed by atoms with E-state index in [0.29, 0.717) is 12.8 Å². The second-order valence-corrected chi connectivity index (χ2v) is 4.10. The lowest BCUT2D eigenvalue weighted by Gasteiger charge is -2.19. The Balaban J connectivity index is 3.50. The van der Waals surface area contributed by atoms with Crippen molar-refractivity contribution in [3.8, 4) is 0 Å². The van der Waals surface area contributed by atoms with Crippen LogP contribution in [0.4, 0.5) is 0 Å². The van der Waals surface area contributed by atoms with E-state index in [1.165, 1.54) is 0 Å². The zero-order valence-corrected chi connectivity index (χ0v) is 8.91. The Bertz CT molecular complexity index is 207. The highest BCUT2D eigenvalue weighted by Gasteiger charge is 2.15. The molecular weight excluding hydrogens is 186 g/mol. The minimum absolute atomic E-state index is 0.0806. The molecule has 0 aromatic carbocycles. The van der Waals surface area contributed by atoms with Crippen LogP contribution in [0.15, 0.2) is 0 Å². The summed E-state index contributed by atoms with van der Waals surface area (Å²) in [5, 5.41) is 9.96. The minimum Gasteiger partial charge on any atom is -0.460 e. The van der Waals surface area contributed by atoms with E-state index < -0.39 is 5.60 Å². The molecule has 0 saturated carbocycles. The average molecular weight is 203 g/mol. The number of hydrogen-bond acceptors (Lipinski definition) is 4. The standard InChI is InChI=1S/C9H17NO4/c1-9(2,3)14-8(11)6-4-5-7-10(12)13/h4-7H2,1-3H3. The molecule has 5 nitrogen and oxygen atoms in total. The van der Waals surface area contributed by atoms with Crippen molar-refractivity contribution in [2.24, 2.45) is 0 Å². The van der Waals surface area contributed by atoms with Crippen molar-refractivity contribution in [2.45, 2.75) is 45.6 Å². The second-order valence-electron chi connectivity index (χ2n) is 4.10. The van der Waals surface area contributed by atoms with E-state index >= 15 is 0 Å². The van der Waals surface area contributed by atoms with Crippen molar-refractivity contribution in [3.63, 3.8) is 0 Å². The van der Waals surface area contributed by atoms with Gasteiger partial charge in [0.15, 0.2) is 0 Å². The number of nitro groups is 1. The van der Waals surface area contributed by atoms with Crippen LogP contribution in [0.25, 0.3) is 0 Å². The number of rotatable bonds is 5. The molecular formula is C9H17NO4. The molecule has 0 atom stereocenters. The normalized spacial score (nSPS) is 11.1. The van der Waals surface area contributed by atoms with Crippen molar-refractivity contribution in [2.75, 3.05) is 6.54 Å². The Morgan fingerprint density at radius 3 is 2.36 bits per heavy atom. The summed E-state index contributed by atoms with van der Waals surface area (Å²) < 4.78 is 5.04. The SMILES string of the molecule is CC(C)(C)OC(=O)CCCC[N+](=O)[O-]. The third kappa shape index (κ3) is 8.96. The van der Waals surface area contributed by atoms with E-state index in [9.17, 15) is 14.9 Å². The second kappa shape index (κ2) is 5.57. The summed E-state index contributed by atoms with van der Waals surface area (Å²) in [6.07, 6.45) is 1.19. The van der Waals surface area contributed by atoms with Crippen LogP contribution in [0.1, 0.15) is 40.0 Å². The molecule has 0 aliphatic heterocycles. The minimum atomic E-state index is -0.472. The van der Waals surface area contributed by atoms with Gasteiger partial charge >= 0.3 is 5.97 Å². The predicted octanol–water partition coefficient (Wildman–Crippen LogP) is 1.78. The van der Waals surface area contributed by atoms with Crippen LogP contribution in [0.5, 0.6) is 0 Å². The first-order valence-corrected chi connectivity index (χ1v) is 4.65. The van der Waals surface area contributed by atoms with E-state index in [0.717, 1.165) is 0 Å². The van der Waals surface area contributed by atoms with Crippen LogP contribution in [0.2, 0.25) is 0 Å². The number of carbonyl (C=O) groups excluding carboxylic acids is 1. The Labute approximate surface area is 83.6 Å². The van der Waals surface area contributed by atoms with Crippen LogP contribution in [0, 0.1) is 10.1 Å². The summed E-state index contributed by atoms with van der Waals surface area (Å²) in [5.74, 6) is -0.291. The van der Waals surface area contributed by atoms with Gasteiger partial charge in [-0.3, -0.25) is 14.9 Å². The van der Waals surface area contributed by atoms with Crippen LogP contribution in [0.3, 0.4) is 0 Å². The number of ether oxygens (including phenoxy) is 1. The van der Waals surface area contributed by atoms with Crippen LogP contribution < -0.4 is 0 Å². The van der Waals surface area contributed by atoms with Gasteiger partial charge in [-0.2, -0.15) is 0 Å². The third-order valence-corrected chi connectivity index (χ3v) is 1.39. The van der Waals surface area contributed by atoms with Crippen molar-refractivity contribution >= 4 is 5.97 Å². The van der Waals surface area contributed by atoms with Gasteiger partial charge < -0.3 is 4.74 Å². The molecule has 0 spiro atoms. The first kappa shape index (κ1) is 12.9. The number of unbranched alkanes of at least 4 members (excludes halogenated alkanes) is 1. The van der Waals surface area contributed by atoms with Crippen molar-refractivity contribution < 1.29 is 14.5 Å². The molecule has 82 valence electrons. The number of nitrogens with zero attached hydrogens (tertiary/aromatic N) is 1. The highest BCUT2D eigenvalue weighted by molar-refractivity contribution is 5.69. The molecule has 0 amide bonds. The predicted molar refractivity (Wildman–Crippen MR) is 51.6 cm³/mol. The Morgan fingerprint density at radius 1 is 1.36 bits per heavy atom. The van der Waals surface area contributed by atoms with Gasteiger partial charge in [-0.1, -0.05) is 0 Å². The Morgan fingerprint density at radius 2 is 1.93 bits per heavy atom. The summed E-state index contributed by atoms with van der Waals surface area (Å²) >= 11 is 0. The lowest BCUT2D eigenvalue weighted by molar-refractivity contribution is -0.480. The van der Waals surface area contributed by atoms with E-state index in [1.54, 1.807) is 20.8 Å². The van der Waals surface area contributed by atoms with Crippen molar-refractivity contribution in [1.29, 1.82) is 0 Å². The molecule has 5 heteroatoms. The summed E-state index contributed by atoms with van der Waals surface area (Å²) in [6, 6.07) is 0. The molecule has 14 heavy (non-hydrogen) atoms. The zero-order valence-electron chi connectivity index (χ0n) is 8.91. The van der Waals surface area contributed by atoms with Gasteiger partial charge in [0.1, 0.15) is 5.60 Å². The molecule has 0 aliphatic rings. The lowest BCUT2D eigenvalue weighted by Crippen LogP contribution is -2.23. The van der Waals surface area contributed by atoms with Gasteiger partial charge in [-0.05, 0) is 27.2 Å². The summed E-state index contributed by atoms with van der Waals surface area (Å²) in [6.45, 7) is 5.30. The Kier molecular flexibility index (Phi) is 5.12. The number of hydrogen-bond donors (Lipinski definition) is 0. The quantitative estimate of drug-likeness (QED) is 0.295. The van der Waals surface area contributed by atoms with E-state index in [1.807, 2.05) is 0 Å². The number of carbonyl (C=O) groups is 1. The van der Waals surface area contributed by atoms with Crippen LogP contribution in [-0.4, -0.2) is 23.0 Å². The molecule has 0 radical (unpaired) electrons. The monoisotopic (exact) mass is 203 g/mol. The fourth-order valence-electron chi connectivity index (χ4n) is 0.903. The largest absolute Gasteiger partial charge is 0.460 e. The topological polar surface area (TPSA) is 69.4 Å². The first-order chi connectivity index (χ1) is 6.31. The molecule has 0 aromatic rings. The van der Waals surface area contributed by atoms with Gasteiger partial charge in [-0.25, -0.2) is 0 Å². The van der Waals surface area contributed by atoms with Crippen LogP contribution >= 0.6 is 0 Å². The van der Waals surface area contributed by atoms with Crippen molar-refractivity contribution in [1.82, 2.24) is 0 Å². The summed E-state index contributed by atoms with van der Waals surface area (Å²) in [5.41, 5.74) is -0.472. The van der Waals surface area contributed by atoms with Gasteiger partial charge in [-0.15, -0.1) is 0 Å². The maximum atomic E-state index is 11.1. The molecule has 0 heterocycles. The highest BCUT2D eigenvalue weighted by atomic mass is 16.6. The maximum Gasteiger partial charge on any atom is 0.306 e. The van der Waals surface area contributed by atoms with Gasteiger partial charge in [0.25, 0.3) is 0 Å². The molecule has 0 unspecified atom stereocenters. The summed E-state index contributed by atoms with van der Waals surface area (Å²) in [4.78, 5) is 20.7. The smallest absolute Gasteiger partial charge is 0.306 e. The summed E-state index contributed by atoms with van der Waals surface area (Å²) in [7, 11) is 0. The molecule has 0 aromatic heterocycles.